The fraction of sp³-hybridized carbons (Fsp3) is 0.417. The zero-order valence-corrected chi connectivity index (χ0v) is 18.3. The Bertz CT molecular complexity index is 1060. The topological polar surface area (TPSA) is 124 Å². The van der Waals surface area contributed by atoms with E-state index >= 15 is 0 Å². The normalized spacial score (nSPS) is 21.9. The molecule has 1 fully saturated rings. The predicted molar refractivity (Wildman–Crippen MR) is 122 cm³/mol. The molecular formula is C24H28N6O2. The van der Waals surface area contributed by atoms with Crippen LogP contribution in [0.3, 0.4) is 0 Å². The van der Waals surface area contributed by atoms with Gasteiger partial charge in [0.1, 0.15) is 11.9 Å². The Morgan fingerprint density at radius 1 is 1.28 bits per heavy atom. The van der Waals surface area contributed by atoms with Gasteiger partial charge in [-0.15, -0.1) is 0 Å². The molecule has 32 heavy (non-hydrogen) atoms. The molecule has 0 saturated heterocycles. The van der Waals surface area contributed by atoms with Crippen molar-refractivity contribution in [1.29, 1.82) is 5.26 Å². The van der Waals surface area contributed by atoms with E-state index in [1.165, 1.54) is 6.20 Å². The predicted octanol–water partition coefficient (Wildman–Crippen LogP) is 2.58. The number of amides is 2. The summed E-state index contributed by atoms with van der Waals surface area (Å²) in [6.45, 7) is 4.50. The number of carbonyl (C=O) groups excluding carboxylic acids is 2. The van der Waals surface area contributed by atoms with Crippen molar-refractivity contribution in [1.82, 2.24) is 10.3 Å². The van der Waals surface area contributed by atoms with Crippen LogP contribution >= 0.6 is 0 Å². The maximum Gasteiger partial charge on any atom is 0.251 e. The SMILES string of the molecule is CC(=O)N1c2ccc(C(=O)NCCN)cc2[C@H](Nc2ccc(C#N)cn2)[C@@H](C)[C@@H]1C1CC1. The minimum atomic E-state index is -0.195. The zero-order valence-electron chi connectivity index (χ0n) is 18.3. The van der Waals surface area contributed by atoms with Gasteiger partial charge in [-0.1, -0.05) is 6.92 Å². The van der Waals surface area contributed by atoms with E-state index in [-0.39, 0.29) is 29.8 Å². The van der Waals surface area contributed by atoms with Crippen molar-refractivity contribution in [2.45, 2.75) is 38.8 Å². The smallest absolute Gasteiger partial charge is 0.251 e. The number of nitriles is 1. The van der Waals surface area contributed by atoms with E-state index in [0.717, 1.165) is 24.1 Å². The molecule has 1 aliphatic heterocycles. The van der Waals surface area contributed by atoms with Crippen molar-refractivity contribution in [2.75, 3.05) is 23.3 Å². The molecule has 4 N–H and O–H groups in total. The van der Waals surface area contributed by atoms with Crippen molar-refractivity contribution in [3.63, 3.8) is 0 Å². The van der Waals surface area contributed by atoms with Crippen LogP contribution in [-0.2, 0) is 4.79 Å². The first-order chi connectivity index (χ1) is 15.4. The van der Waals surface area contributed by atoms with Gasteiger partial charge in [0.2, 0.25) is 5.91 Å². The van der Waals surface area contributed by atoms with Crippen LogP contribution in [0.4, 0.5) is 11.5 Å². The average Bonchev–Trinajstić information content (AvgIpc) is 3.64. The Hall–Kier alpha value is -3.44. The van der Waals surface area contributed by atoms with Gasteiger partial charge in [-0.2, -0.15) is 5.26 Å². The number of carbonyl (C=O) groups is 2. The molecular weight excluding hydrogens is 404 g/mol. The molecule has 3 atom stereocenters. The van der Waals surface area contributed by atoms with Crippen molar-refractivity contribution in [2.24, 2.45) is 17.6 Å². The molecule has 0 bridgehead atoms. The quantitative estimate of drug-likeness (QED) is 0.644. The third-order valence-electron chi connectivity index (χ3n) is 6.32. The second kappa shape index (κ2) is 8.97. The number of nitrogens with two attached hydrogens (primary N) is 1. The van der Waals surface area contributed by atoms with Crippen LogP contribution in [0.2, 0.25) is 0 Å². The summed E-state index contributed by atoms with van der Waals surface area (Å²) >= 11 is 0. The number of anilines is 2. The minimum absolute atomic E-state index is 0.00489. The maximum absolute atomic E-state index is 12.7. The Morgan fingerprint density at radius 3 is 2.66 bits per heavy atom. The number of fused-ring (bicyclic) bond motifs is 1. The Morgan fingerprint density at radius 2 is 2.06 bits per heavy atom. The van der Waals surface area contributed by atoms with Crippen LogP contribution in [0.15, 0.2) is 36.5 Å². The van der Waals surface area contributed by atoms with Gasteiger partial charge in [0.15, 0.2) is 0 Å². The number of nitrogens with one attached hydrogen (secondary N) is 2. The van der Waals surface area contributed by atoms with Gasteiger partial charge in [0, 0.05) is 49.4 Å². The molecule has 4 rings (SSSR count). The van der Waals surface area contributed by atoms with Gasteiger partial charge in [0.25, 0.3) is 5.91 Å². The first kappa shape index (κ1) is 21.8. The lowest BCUT2D eigenvalue weighted by Crippen LogP contribution is -2.51. The molecule has 0 unspecified atom stereocenters. The largest absolute Gasteiger partial charge is 0.363 e. The summed E-state index contributed by atoms with van der Waals surface area (Å²) in [5.41, 5.74) is 8.25. The molecule has 2 amide bonds. The Balaban J connectivity index is 1.76. The van der Waals surface area contributed by atoms with Crippen molar-refractivity contribution in [3.8, 4) is 6.07 Å². The van der Waals surface area contributed by atoms with Crippen LogP contribution in [0.1, 0.15) is 54.2 Å². The summed E-state index contributed by atoms with van der Waals surface area (Å²) in [5.74, 6) is 1.02. The summed E-state index contributed by atoms with van der Waals surface area (Å²) in [6.07, 6.45) is 3.75. The van der Waals surface area contributed by atoms with Crippen LogP contribution < -0.4 is 21.3 Å². The highest BCUT2D eigenvalue weighted by Gasteiger charge is 2.47. The van der Waals surface area contributed by atoms with Crippen LogP contribution in [0.25, 0.3) is 0 Å². The van der Waals surface area contributed by atoms with E-state index in [1.54, 1.807) is 25.1 Å². The van der Waals surface area contributed by atoms with Gasteiger partial charge in [-0.25, -0.2) is 4.98 Å². The lowest BCUT2D eigenvalue weighted by Gasteiger charge is -2.46. The summed E-state index contributed by atoms with van der Waals surface area (Å²) in [7, 11) is 0. The zero-order chi connectivity index (χ0) is 22.8. The number of pyridine rings is 1. The molecule has 2 heterocycles. The number of hydrogen-bond acceptors (Lipinski definition) is 6. The summed E-state index contributed by atoms with van der Waals surface area (Å²) in [6, 6.07) is 11.0. The van der Waals surface area contributed by atoms with Gasteiger partial charge in [0.05, 0.1) is 11.6 Å². The van der Waals surface area contributed by atoms with E-state index in [2.05, 4.69) is 28.6 Å². The number of hydrogen-bond donors (Lipinski definition) is 3. The van der Waals surface area contributed by atoms with Gasteiger partial charge in [-0.05, 0) is 54.7 Å². The highest BCUT2D eigenvalue weighted by molar-refractivity contribution is 5.98. The first-order valence-electron chi connectivity index (χ1n) is 11.0. The summed E-state index contributed by atoms with van der Waals surface area (Å²) in [5, 5.41) is 15.4. The number of benzene rings is 1. The standard InChI is InChI=1S/C24H28N6O2/c1-14-22(29-21-8-3-16(12-26)13-28-21)19-11-18(24(32)27-10-9-25)6-7-20(19)30(15(2)31)23(14)17-4-5-17/h3,6-8,11,13-14,17,22-23H,4-5,9-10,25H2,1-2H3,(H,27,32)(H,28,29)/t14-,22-,23-/m1/s1. The summed E-state index contributed by atoms with van der Waals surface area (Å²) in [4.78, 5) is 31.6. The second-order valence-electron chi connectivity index (χ2n) is 8.56. The Labute approximate surface area is 187 Å². The molecule has 0 spiro atoms. The average molecular weight is 433 g/mol. The molecule has 2 aliphatic rings. The molecule has 1 aromatic heterocycles. The fourth-order valence-electron chi connectivity index (χ4n) is 4.70. The second-order valence-corrected chi connectivity index (χ2v) is 8.56. The van der Waals surface area contributed by atoms with E-state index in [0.29, 0.717) is 36.0 Å². The summed E-state index contributed by atoms with van der Waals surface area (Å²) < 4.78 is 0. The number of nitrogens with zero attached hydrogens (tertiary/aromatic N) is 3. The number of aromatic nitrogens is 1. The lowest BCUT2D eigenvalue weighted by molar-refractivity contribution is -0.117. The first-order valence-corrected chi connectivity index (χ1v) is 11.0. The monoisotopic (exact) mass is 432 g/mol. The fourth-order valence-corrected chi connectivity index (χ4v) is 4.70. The van der Waals surface area contributed by atoms with Crippen molar-refractivity contribution < 1.29 is 9.59 Å². The third-order valence-corrected chi connectivity index (χ3v) is 6.32. The molecule has 166 valence electrons. The van der Waals surface area contributed by atoms with Gasteiger partial charge >= 0.3 is 0 Å². The van der Waals surface area contributed by atoms with Crippen LogP contribution in [0, 0.1) is 23.2 Å². The molecule has 8 heteroatoms. The minimum Gasteiger partial charge on any atom is -0.363 e. The molecule has 2 aromatic rings. The van der Waals surface area contributed by atoms with Gasteiger partial charge in [-0.3, -0.25) is 9.59 Å². The Kier molecular flexibility index (Phi) is 6.10. The lowest BCUT2D eigenvalue weighted by atomic mass is 9.79. The van der Waals surface area contributed by atoms with E-state index in [4.69, 9.17) is 11.0 Å². The third kappa shape index (κ3) is 4.16. The van der Waals surface area contributed by atoms with Crippen molar-refractivity contribution >= 4 is 23.3 Å². The molecule has 1 aromatic carbocycles. The van der Waals surface area contributed by atoms with E-state index in [1.807, 2.05) is 17.0 Å². The molecule has 0 radical (unpaired) electrons. The van der Waals surface area contributed by atoms with Gasteiger partial charge < -0.3 is 21.3 Å². The molecule has 8 nitrogen and oxygen atoms in total. The van der Waals surface area contributed by atoms with Crippen molar-refractivity contribution in [3.05, 3.63) is 53.2 Å². The number of rotatable bonds is 6. The van der Waals surface area contributed by atoms with Crippen LogP contribution in [0.5, 0.6) is 0 Å². The van der Waals surface area contributed by atoms with E-state index in [9.17, 15) is 9.59 Å². The van der Waals surface area contributed by atoms with E-state index < -0.39 is 0 Å². The maximum atomic E-state index is 12.7. The molecule has 1 aliphatic carbocycles. The van der Waals surface area contributed by atoms with Crippen LogP contribution in [-0.4, -0.2) is 35.9 Å². The highest BCUT2D eigenvalue weighted by Crippen LogP contribution is 2.50. The molecule has 1 saturated carbocycles. The highest BCUT2D eigenvalue weighted by atomic mass is 16.2.